The highest BCUT2D eigenvalue weighted by Crippen LogP contribution is 2.26. The number of hydrogen-bond acceptors (Lipinski definition) is 6. The maximum atomic E-state index is 12.1. The normalized spacial score (nSPS) is 18.8. The van der Waals surface area contributed by atoms with Crippen LogP contribution in [0, 0.1) is 11.8 Å². The predicted octanol–water partition coefficient (Wildman–Crippen LogP) is 3.89. The van der Waals surface area contributed by atoms with Crippen LogP contribution in [0.4, 0.5) is 0 Å². The van der Waals surface area contributed by atoms with Gasteiger partial charge in [0.1, 0.15) is 24.7 Å². The summed E-state index contributed by atoms with van der Waals surface area (Å²) in [7, 11) is 0. The molecule has 6 heteroatoms. The Bertz CT molecular complexity index is 640. The number of carbonyl (C=O) groups excluding carboxylic acids is 2. The molecule has 2 saturated carbocycles. The molecule has 0 unspecified atom stereocenters. The van der Waals surface area contributed by atoms with Crippen molar-refractivity contribution < 1.29 is 23.5 Å². The Hall–Kier alpha value is -2.11. The van der Waals surface area contributed by atoms with E-state index in [1.54, 1.807) is 0 Å². The molecule has 0 atom stereocenters. The van der Waals surface area contributed by atoms with Crippen LogP contribution in [0.25, 0.3) is 0 Å². The maximum absolute atomic E-state index is 12.1. The van der Waals surface area contributed by atoms with Gasteiger partial charge in [-0.25, -0.2) is 0 Å². The second-order valence-electron chi connectivity index (χ2n) is 7.61. The molecule has 1 aromatic rings. The van der Waals surface area contributed by atoms with Crippen molar-refractivity contribution in [3.05, 3.63) is 33.9 Å². The van der Waals surface area contributed by atoms with Crippen LogP contribution in [-0.4, -0.2) is 11.9 Å². The molecule has 0 spiro atoms. The van der Waals surface area contributed by atoms with Gasteiger partial charge in [0.25, 0.3) is 0 Å². The highest BCUT2D eigenvalue weighted by atomic mass is 16.6. The summed E-state index contributed by atoms with van der Waals surface area (Å²) in [6, 6.07) is 2.61. The van der Waals surface area contributed by atoms with E-state index in [9.17, 15) is 14.4 Å². The van der Waals surface area contributed by atoms with Crippen LogP contribution >= 0.6 is 0 Å². The minimum Gasteiger partial charge on any atom is -0.459 e. The minimum absolute atomic E-state index is 0.0508. The van der Waals surface area contributed by atoms with Gasteiger partial charge in [0.2, 0.25) is 0 Å². The van der Waals surface area contributed by atoms with Gasteiger partial charge < -0.3 is 13.9 Å². The highest BCUT2D eigenvalue weighted by molar-refractivity contribution is 5.72. The summed E-state index contributed by atoms with van der Waals surface area (Å²) in [5, 5.41) is 0. The first-order valence-electron chi connectivity index (χ1n) is 10.1. The molecule has 3 rings (SSSR count). The lowest BCUT2D eigenvalue weighted by atomic mass is 9.89. The fourth-order valence-electron chi connectivity index (χ4n) is 3.93. The first-order chi connectivity index (χ1) is 13.1. The summed E-state index contributed by atoms with van der Waals surface area (Å²) in [4.78, 5) is 36.1. The minimum atomic E-state index is -0.256. The van der Waals surface area contributed by atoms with E-state index in [0.29, 0.717) is 0 Å². The van der Waals surface area contributed by atoms with Crippen molar-refractivity contribution in [2.24, 2.45) is 11.8 Å². The Morgan fingerprint density at radius 3 is 1.59 bits per heavy atom. The number of rotatable bonds is 6. The average molecular weight is 376 g/mol. The molecule has 2 aliphatic carbocycles. The van der Waals surface area contributed by atoms with Gasteiger partial charge in [-0.1, -0.05) is 38.5 Å². The molecule has 148 valence electrons. The van der Waals surface area contributed by atoms with Crippen molar-refractivity contribution in [2.45, 2.75) is 77.4 Å². The largest absolute Gasteiger partial charge is 0.459 e. The van der Waals surface area contributed by atoms with Crippen molar-refractivity contribution in [1.29, 1.82) is 0 Å². The molecule has 2 aliphatic rings. The summed E-state index contributed by atoms with van der Waals surface area (Å²) in [6.45, 7) is -0.149. The topological polar surface area (TPSA) is 82.8 Å². The van der Waals surface area contributed by atoms with Crippen LogP contribution in [0.3, 0.4) is 0 Å². The van der Waals surface area contributed by atoms with Crippen molar-refractivity contribution >= 4 is 11.9 Å². The molecule has 2 fully saturated rings. The summed E-state index contributed by atoms with van der Waals surface area (Å²) in [6.07, 6.45) is 9.99. The molecule has 0 bridgehead atoms. The zero-order valence-electron chi connectivity index (χ0n) is 15.7. The molecular formula is C21H28O6. The molecule has 0 aromatic carbocycles. The van der Waals surface area contributed by atoms with Crippen molar-refractivity contribution in [2.75, 3.05) is 0 Å². The predicted molar refractivity (Wildman–Crippen MR) is 97.7 cm³/mol. The van der Waals surface area contributed by atoms with Gasteiger partial charge in [-0.3, -0.25) is 14.4 Å². The average Bonchev–Trinajstić information content (AvgIpc) is 2.71. The number of ether oxygens (including phenoxy) is 2. The van der Waals surface area contributed by atoms with E-state index in [4.69, 9.17) is 13.9 Å². The smallest absolute Gasteiger partial charge is 0.309 e. The zero-order chi connectivity index (χ0) is 19.1. The van der Waals surface area contributed by atoms with Gasteiger partial charge >= 0.3 is 11.9 Å². The quantitative estimate of drug-likeness (QED) is 0.701. The van der Waals surface area contributed by atoms with Gasteiger partial charge in [-0.15, -0.1) is 0 Å². The lowest BCUT2D eigenvalue weighted by Gasteiger charge is -2.20. The monoisotopic (exact) mass is 376 g/mol. The Kier molecular flexibility index (Phi) is 7.07. The third kappa shape index (κ3) is 5.94. The van der Waals surface area contributed by atoms with E-state index < -0.39 is 0 Å². The molecule has 6 nitrogen and oxygen atoms in total. The molecule has 27 heavy (non-hydrogen) atoms. The molecule has 0 N–H and O–H groups in total. The molecule has 0 aliphatic heterocycles. The number of esters is 2. The molecule has 1 aromatic heterocycles. The molecule has 1 heterocycles. The Morgan fingerprint density at radius 1 is 0.778 bits per heavy atom. The van der Waals surface area contributed by atoms with E-state index in [2.05, 4.69) is 0 Å². The third-order valence-electron chi connectivity index (χ3n) is 5.46. The fourth-order valence-corrected chi connectivity index (χ4v) is 3.93. The standard InChI is InChI=1S/C21H28O6/c22-17-11-18(13-25-20(23)15-7-3-1-4-8-15)27-19(12-17)14-26-21(24)16-9-5-2-6-10-16/h11-12,15-16H,1-10,13-14H2. The Balaban J connectivity index is 1.51. The first-order valence-corrected chi connectivity index (χ1v) is 10.1. The Labute approximate surface area is 159 Å². The van der Waals surface area contributed by atoms with Crippen molar-refractivity contribution in [3.63, 3.8) is 0 Å². The van der Waals surface area contributed by atoms with E-state index >= 15 is 0 Å². The van der Waals surface area contributed by atoms with Gasteiger partial charge in [0.15, 0.2) is 5.43 Å². The van der Waals surface area contributed by atoms with E-state index in [1.807, 2.05) is 0 Å². The molecule has 0 saturated heterocycles. The van der Waals surface area contributed by atoms with Crippen LogP contribution in [0.1, 0.15) is 75.7 Å². The van der Waals surface area contributed by atoms with Crippen LogP contribution in [-0.2, 0) is 32.3 Å². The fraction of sp³-hybridized carbons (Fsp3) is 0.667. The summed E-state index contributed by atoms with van der Waals surface area (Å²) >= 11 is 0. The zero-order valence-corrected chi connectivity index (χ0v) is 15.7. The molecular weight excluding hydrogens is 348 g/mol. The summed E-state index contributed by atoms with van der Waals surface area (Å²) < 4.78 is 16.2. The van der Waals surface area contributed by atoms with Gasteiger partial charge in [0.05, 0.1) is 11.8 Å². The van der Waals surface area contributed by atoms with Crippen molar-refractivity contribution in [1.82, 2.24) is 0 Å². The molecule has 0 radical (unpaired) electrons. The Morgan fingerprint density at radius 2 is 1.19 bits per heavy atom. The van der Waals surface area contributed by atoms with Crippen LogP contribution in [0.2, 0.25) is 0 Å². The van der Waals surface area contributed by atoms with E-state index in [1.165, 1.54) is 25.0 Å². The highest BCUT2D eigenvalue weighted by Gasteiger charge is 2.24. The van der Waals surface area contributed by atoms with Crippen LogP contribution in [0.5, 0.6) is 0 Å². The number of carbonyl (C=O) groups is 2. The maximum Gasteiger partial charge on any atom is 0.309 e. The van der Waals surface area contributed by atoms with Crippen LogP contribution < -0.4 is 5.43 Å². The second-order valence-corrected chi connectivity index (χ2v) is 7.61. The molecule has 0 amide bonds. The SMILES string of the molecule is O=C(OCc1cc(=O)cc(COC(=O)C2CCCCC2)o1)C1CCCCC1. The lowest BCUT2D eigenvalue weighted by molar-refractivity contribution is -0.151. The van der Waals surface area contributed by atoms with Gasteiger partial charge in [-0.2, -0.15) is 0 Å². The summed E-state index contributed by atoms with van der Waals surface area (Å²) in [5.41, 5.74) is -0.256. The van der Waals surface area contributed by atoms with E-state index in [-0.39, 0.29) is 53.9 Å². The summed E-state index contributed by atoms with van der Waals surface area (Å²) in [5.74, 6) is -0.0149. The van der Waals surface area contributed by atoms with Crippen molar-refractivity contribution in [3.8, 4) is 0 Å². The van der Waals surface area contributed by atoms with Crippen LogP contribution in [0.15, 0.2) is 21.3 Å². The van der Waals surface area contributed by atoms with Gasteiger partial charge in [0, 0.05) is 12.1 Å². The lowest BCUT2D eigenvalue weighted by Crippen LogP contribution is -2.21. The number of hydrogen-bond donors (Lipinski definition) is 0. The third-order valence-corrected chi connectivity index (χ3v) is 5.46. The second kappa shape index (κ2) is 9.72. The first kappa shape index (κ1) is 19.6. The van der Waals surface area contributed by atoms with Gasteiger partial charge in [-0.05, 0) is 25.7 Å². The van der Waals surface area contributed by atoms with E-state index in [0.717, 1.165) is 51.4 Å².